The molecule has 0 aliphatic carbocycles. The molecule has 82 valence electrons. The highest BCUT2D eigenvalue weighted by Gasteiger charge is 2.18. The van der Waals surface area contributed by atoms with E-state index in [4.69, 9.17) is 11.6 Å². The van der Waals surface area contributed by atoms with E-state index in [2.05, 4.69) is 9.71 Å². The average molecular weight is 281 g/mol. The SMILES string of the molecule is CCCS(=O)C1=Nc2cc(Cl)sc2SN1. The summed E-state index contributed by atoms with van der Waals surface area (Å²) in [6, 6.07) is 1.80. The summed E-state index contributed by atoms with van der Waals surface area (Å²) in [7, 11) is -1.02. The van der Waals surface area contributed by atoms with E-state index in [0.717, 1.165) is 16.3 Å². The van der Waals surface area contributed by atoms with Gasteiger partial charge in [-0.15, -0.1) is 11.3 Å². The quantitative estimate of drug-likeness (QED) is 0.846. The van der Waals surface area contributed by atoms with Crippen molar-refractivity contribution in [1.82, 2.24) is 4.72 Å². The van der Waals surface area contributed by atoms with Crippen LogP contribution in [0.4, 0.5) is 5.69 Å². The molecule has 1 unspecified atom stereocenters. The van der Waals surface area contributed by atoms with Crippen LogP contribution in [-0.4, -0.2) is 15.1 Å². The van der Waals surface area contributed by atoms with Crippen LogP contribution < -0.4 is 4.72 Å². The van der Waals surface area contributed by atoms with Gasteiger partial charge in [-0.05, 0) is 24.4 Å². The number of hydrogen-bond donors (Lipinski definition) is 1. The summed E-state index contributed by atoms with van der Waals surface area (Å²) in [6.07, 6.45) is 0.884. The Hall–Kier alpha value is -0.0400. The summed E-state index contributed by atoms with van der Waals surface area (Å²) < 4.78 is 16.4. The van der Waals surface area contributed by atoms with Crippen LogP contribution in [0.25, 0.3) is 0 Å². The van der Waals surface area contributed by atoms with Crippen LogP contribution in [-0.2, 0) is 10.8 Å². The van der Waals surface area contributed by atoms with E-state index in [9.17, 15) is 4.21 Å². The van der Waals surface area contributed by atoms with Crippen molar-refractivity contribution < 1.29 is 4.21 Å². The predicted molar refractivity (Wildman–Crippen MR) is 68.7 cm³/mol. The first-order valence-corrected chi connectivity index (χ1v) is 7.73. The molecule has 1 aromatic heterocycles. The number of aliphatic imine (C=N–C) groups is 1. The lowest BCUT2D eigenvalue weighted by Crippen LogP contribution is -2.24. The molecule has 1 N–H and O–H groups in total. The third-order valence-electron chi connectivity index (χ3n) is 1.71. The van der Waals surface area contributed by atoms with Crippen LogP contribution in [0.2, 0.25) is 4.34 Å². The number of rotatable bonds is 2. The van der Waals surface area contributed by atoms with Gasteiger partial charge in [-0.25, -0.2) is 4.99 Å². The number of amidine groups is 1. The van der Waals surface area contributed by atoms with Gasteiger partial charge >= 0.3 is 0 Å². The predicted octanol–water partition coefficient (Wildman–Crippen LogP) is 3.16. The molecule has 0 spiro atoms. The van der Waals surface area contributed by atoms with Gasteiger partial charge in [0.1, 0.15) is 4.21 Å². The maximum absolute atomic E-state index is 11.7. The van der Waals surface area contributed by atoms with Gasteiger partial charge in [0.15, 0.2) is 0 Å². The van der Waals surface area contributed by atoms with Crippen molar-refractivity contribution in [3.05, 3.63) is 10.4 Å². The number of nitrogens with zero attached hydrogens (tertiary/aromatic N) is 1. The minimum absolute atomic E-state index is 0.545. The molecule has 0 aromatic carbocycles. The van der Waals surface area contributed by atoms with Gasteiger partial charge in [0.2, 0.25) is 5.17 Å². The summed E-state index contributed by atoms with van der Waals surface area (Å²) in [5.41, 5.74) is 0.827. The molecule has 7 heteroatoms. The fraction of sp³-hybridized carbons (Fsp3) is 0.375. The number of fused-ring (bicyclic) bond motifs is 1. The first-order valence-electron chi connectivity index (χ1n) is 4.40. The van der Waals surface area contributed by atoms with Crippen LogP contribution in [0.3, 0.4) is 0 Å². The van der Waals surface area contributed by atoms with E-state index in [1.807, 2.05) is 6.92 Å². The van der Waals surface area contributed by atoms with Crippen molar-refractivity contribution in [2.24, 2.45) is 4.99 Å². The fourth-order valence-electron chi connectivity index (χ4n) is 1.09. The lowest BCUT2D eigenvalue weighted by atomic mass is 10.5. The van der Waals surface area contributed by atoms with Crippen molar-refractivity contribution in [3.8, 4) is 0 Å². The Morgan fingerprint density at radius 2 is 2.47 bits per heavy atom. The number of nitrogens with one attached hydrogen (secondary N) is 1. The lowest BCUT2D eigenvalue weighted by Gasteiger charge is -2.12. The molecule has 2 heterocycles. The van der Waals surface area contributed by atoms with Crippen molar-refractivity contribution in [2.45, 2.75) is 17.6 Å². The number of hydrogen-bond acceptors (Lipinski definition) is 5. The highest BCUT2D eigenvalue weighted by molar-refractivity contribution is 8.06. The van der Waals surface area contributed by atoms with E-state index in [1.54, 1.807) is 6.07 Å². The third kappa shape index (κ3) is 2.55. The summed E-state index contributed by atoms with van der Waals surface area (Å²) in [4.78, 5) is 4.30. The van der Waals surface area contributed by atoms with Crippen molar-refractivity contribution in [2.75, 3.05) is 5.75 Å². The molecule has 2 rings (SSSR count). The normalized spacial score (nSPS) is 16.5. The average Bonchev–Trinajstić information content (AvgIpc) is 2.57. The second-order valence-corrected chi connectivity index (χ2v) is 7.14. The second-order valence-electron chi connectivity index (χ2n) is 2.89. The topological polar surface area (TPSA) is 41.5 Å². The van der Waals surface area contributed by atoms with Crippen LogP contribution in [0.1, 0.15) is 13.3 Å². The van der Waals surface area contributed by atoms with Crippen LogP contribution in [0, 0.1) is 0 Å². The maximum Gasteiger partial charge on any atom is 0.203 e. The Morgan fingerprint density at radius 1 is 1.67 bits per heavy atom. The number of thiophene rings is 1. The maximum atomic E-state index is 11.7. The second kappa shape index (κ2) is 4.86. The third-order valence-corrected chi connectivity index (χ3v) is 5.48. The Balaban J connectivity index is 2.24. The van der Waals surface area contributed by atoms with Gasteiger partial charge in [0.05, 0.1) is 20.8 Å². The van der Waals surface area contributed by atoms with E-state index in [0.29, 0.717) is 15.3 Å². The summed E-state index contributed by atoms with van der Waals surface area (Å²) in [5, 5.41) is 0.545. The highest BCUT2D eigenvalue weighted by atomic mass is 35.5. The largest absolute Gasteiger partial charge is 0.302 e. The van der Waals surface area contributed by atoms with Gasteiger partial charge < -0.3 is 4.72 Å². The molecule has 0 saturated heterocycles. The minimum Gasteiger partial charge on any atom is -0.302 e. The Kier molecular flexibility index (Phi) is 3.71. The molecule has 3 nitrogen and oxygen atoms in total. The van der Waals surface area contributed by atoms with E-state index in [1.165, 1.54) is 23.3 Å². The Bertz CT molecular complexity index is 430. The summed E-state index contributed by atoms with van der Waals surface area (Å²) in [5.74, 6) is 0.638. The molecular formula is C8H9ClN2OS3. The molecule has 0 fully saturated rings. The summed E-state index contributed by atoms with van der Waals surface area (Å²) in [6.45, 7) is 2.00. The zero-order valence-electron chi connectivity index (χ0n) is 7.95. The first-order chi connectivity index (χ1) is 7.20. The standard InChI is InChI=1S/C8H9ClN2OS3/c1-2-3-15(12)8-10-5-4-6(9)13-7(5)14-11-8/h4H,2-3H2,1H3,(H,10,11). The van der Waals surface area contributed by atoms with Gasteiger partial charge in [0.25, 0.3) is 0 Å². The molecule has 0 amide bonds. The summed E-state index contributed by atoms with van der Waals surface area (Å²) >= 11 is 8.78. The molecular weight excluding hydrogens is 272 g/mol. The highest BCUT2D eigenvalue weighted by Crippen LogP contribution is 2.41. The molecule has 0 radical (unpaired) electrons. The monoisotopic (exact) mass is 280 g/mol. The molecule has 1 aliphatic rings. The van der Waals surface area contributed by atoms with Gasteiger partial charge in [-0.1, -0.05) is 18.5 Å². The van der Waals surface area contributed by atoms with Crippen molar-refractivity contribution in [3.63, 3.8) is 0 Å². The first kappa shape index (κ1) is 11.4. The van der Waals surface area contributed by atoms with E-state index >= 15 is 0 Å². The smallest absolute Gasteiger partial charge is 0.203 e. The van der Waals surface area contributed by atoms with Crippen LogP contribution in [0.5, 0.6) is 0 Å². The fourth-order valence-corrected chi connectivity index (χ4v) is 4.38. The van der Waals surface area contributed by atoms with E-state index < -0.39 is 10.8 Å². The Labute approximate surface area is 104 Å². The van der Waals surface area contributed by atoms with Gasteiger partial charge in [0, 0.05) is 5.75 Å². The van der Waals surface area contributed by atoms with Gasteiger partial charge in [-0.2, -0.15) is 0 Å². The molecule has 0 saturated carbocycles. The molecule has 1 atom stereocenters. The number of halogens is 1. The molecule has 15 heavy (non-hydrogen) atoms. The van der Waals surface area contributed by atoms with E-state index in [-0.39, 0.29) is 0 Å². The molecule has 0 bridgehead atoms. The molecule has 1 aliphatic heterocycles. The zero-order valence-corrected chi connectivity index (χ0v) is 11.2. The Morgan fingerprint density at radius 3 is 3.20 bits per heavy atom. The van der Waals surface area contributed by atoms with Crippen LogP contribution >= 0.6 is 34.9 Å². The molecule has 1 aromatic rings. The minimum atomic E-state index is -1.02. The zero-order chi connectivity index (χ0) is 10.8. The lowest BCUT2D eigenvalue weighted by molar-refractivity contribution is 0.688. The van der Waals surface area contributed by atoms with Crippen LogP contribution in [0.15, 0.2) is 15.3 Å². The van der Waals surface area contributed by atoms with Crippen molar-refractivity contribution >= 4 is 56.5 Å². The van der Waals surface area contributed by atoms with Gasteiger partial charge in [-0.3, -0.25) is 4.21 Å². The van der Waals surface area contributed by atoms with Crippen molar-refractivity contribution in [1.29, 1.82) is 0 Å².